The molecular formula is C25H18O. The third-order valence-corrected chi connectivity index (χ3v) is 5.13. The fraction of sp³-hybridized carbons (Fsp3) is 0.0400. The van der Waals surface area contributed by atoms with Crippen molar-refractivity contribution in [2.24, 2.45) is 0 Å². The monoisotopic (exact) mass is 334 g/mol. The smallest absolute Gasteiger partial charge is 0.118 e. The molecule has 0 saturated heterocycles. The van der Waals surface area contributed by atoms with Crippen LogP contribution in [0.2, 0.25) is 0 Å². The van der Waals surface area contributed by atoms with Gasteiger partial charge in [-0.2, -0.15) is 0 Å². The van der Waals surface area contributed by atoms with Gasteiger partial charge >= 0.3 is 0 Å². The molecule has 5 rings (SSSR count). The third-order valence-electron chi connectivity index (χ3n) is 5.13. The molecule has 0 saturated carbocycles. The first kappa shape index (κ1) is 15.0. The lowest BCUT2D eigenvalue weighted by molar-refractivity contribution is 0.415. The van der Waals surface area contributed by atoms with Crippen LogP contribution in [0.3, 0.4) is 0 Å². The van der Waals surface area contributed by atoms with Crippen molar-refractivity contribution in [1.29, 1.82) is 0 Å². The average Bonchev–Trinajstić information content (AvgIpc) is 2.71. The predicted molar refractivity (Wildman–Crippen MR) is 112 cm³/mol. The summed E-state index contributed by atoms with van der Waals surface area (Å²) in [4.78, 5) is 0. The van der Waals surface area contributed by atoms with E-state index >= 15 is 0 Å². The minimum absolute atomic E-state index is 0.880. The molecule has 0 N–H and O–H groups in total. The minimum Gasteiger partial charge on any atom is -0.497 e. The molecule has 0 radical (unpaired) electrons. The van der Waals surface area contributed by atoms with E-state index < -0.39 is 0 Å². The van der Waals surface area contributed by atoms with E-state index in [9.17, 15) is 0 Å². The molecule has 0 amide bonds. The zero-order valence-corrected chi connectivity index (χ0v) is 14.6. The fourth-order valence-corrected chi connectivity index (χ4v) is 3.80. The molecule has 0 aromatic heterocycles. The first-order valence-corrected chi connectivity index (χ1v) is 8.82. The van der Waals surface area contributed by atoms with Gasteiger partial charge in [0, 0.05) is 0 Å². The Balaban J connectivity index is 1.69. The number of rotatable bonds is 3. The second-order valence-electron chi connectivity index (χ2n) is 6.62. The first-order valence-electron chi connectivity index (χ1n) is 8.82. The van der Waals surface area contributed by atoms with Gasteiger partial charge < -0.3 is 4.74 Å². The number of hydrogen-bond donors (Lipinski definition) is 0. The van der Waals surface area contributed by atoms with Crippen LogP contribution in [-0.4, -0.2) is 7.11 Å². The highest BCUT2D eigenvalue weighted by atomic mass is 16.5. The van der Waals surface area contributed by atoms with E-state index in [1.165, 1.54) is 37.9 Å². The van der Waals surface area contributed by atoms with Gasteiger partial charge in [-0.05, 0) is 55.6 Å². The second kappa shape index (κ2) is 5.89. The van der Waals surface area contributed by atoms with Gasteiger partial charge in [0.25, 0.3) is 0 Å². The summed E-state index contributed by atoms with van der Waals surface area (Å²) in [6.07, 6.45) is 4.36. The van der Waals surface area contributed by atoms with Crippen molar-refractivity contribution in [2.45, 2.75) is 0 Å². The van der Waals surface area contributed by atoms with Gasteiger partial charge in [0.1, 0.15) is 5.75 Å². The lowest BCUT2D eigenvalue weighted by atomic mass is 9.92. The van der Waals surface area contributed by atoms with Crippen molar-refractivity contribution in [3.05, 3.63) is 90.0 Å². The summed E-state index contributed by atoms with van der Waals surface area (Å²) in [6, 6.07) is 28.0. The molecule has 0 aliphatic heterocycles. The van der Waals surface area contributed by atoms with Gasteiger partial charge in [0.15, 0.2) is 0 Å². The van der Waals surface area contributed by atoms with E-state index in [1.807, 2.05) is 12.1 Å². The van der Waals surface area contributed by atoms with Crippen LogP contribution in [0.5, 0.6) is 5.75 Å². The molecule has 0 aliphatic rings. The van der Waals surface area contributed by atoms with Crippen molar-refractivity contribution in [1.82, 2.24) is 0 Å². The van der Waals surface area contributed by atoms with Gasteiger partial charge in [-0.3, -0.25) is 0 Å². The Morgan fingerprint density at radius 2 is 1.27 bits per heavy atom. The van der Waals surface area contributed by atoms with Crippen LogP contribution < -0.4 is 4.74 Å². The summed E-state index contributed by atoms with van der Waals surface area (Å²) in [6.45, 7) is 0. The van der Waals surface area contributed by atoms with Crippen LogP contribution >= 0.6 is 0 Å². The molecule has 5 aromatic rings. The molecule has 124 valence electrons. The molecule has 0 fully saturated rings. The SMILES string of the molecule is COc1ccc(/C=C/c2ccc3ccc4cccc5ccc2c3c45)cc1. The van der Waals surface area contributed by atoms with Crippen molar-refractivity contribution >= 4 is 44.5 Å². The second-order valence-corrected chi connectivity index (χ2v) is 6.62. The maximum absolute atomic E-state index is 5.23. The highest BCUT2D eigenvalue weighted by Crippen LogP contribution is 2.36. The Labute approximate surface area is 152 Å². The molecule has 0 spiro atoms. The summed E-state index contributed by atoms with van der Waals surface area (Å²) < 4.78 is 5.23. The summed E-state index contributed by atoms with van der Waals surface area (Å²) in [5.74, 6) is 0.880. The average molecular weight is 334 g/mol. The normalized spacial score (nSPS) is 11.9. The zero-order valence-electron chi connectivity index (χ0n) is 14.6. The van der Waals surface area contributed by atoms with E-state index in [4.69, 9.17) is 4.74 Å². The molecule has 1 nitrogen and oxygen atoms in total. The summed E-state index contributed by atoms with van der Waals surface area (Å²) in [7, 11) is 1.69. The number of hydrogen-bond acceptors (Lipinski definition) is 1. The topological polar surface area (TPSA) is 9.23 Å². The van der Waals surface area contributed by atoms with Crippen LogP contribution in [0.1, 0.15) is 11.1 Å². The van der Waals surface area contributed by atoms with Gasteiger partial charge in [0.05, 0.1) is 7.11 Å². The van der Waals surface area contributed by atoms with Crippen LogP contribution in [-0.2, 0) is 0 Å². The molecular weight excluding hydrogens is 316 g/mol. The van der Waals surface area contributed by atoms with Crippen LogP contribution in [0.4, 0.5) is 0 Å². The van der Waals surface area contributed by atoms with Crippen molar-refractivity contribution in [3.63, 3.8) is 0 Å². The highest BCUT2D eigenvalue weighted by Gasteiger charge is 2.09. The Hall–Kier alpha value is -3.32. The van der Waals surface area contributed by atoms with Crippen molar-refractivity contribution in [2.75, 3.05) is 7.11 Å². The molecule has 0 bridgehead atoms. The highest BCUT2D eigenvalue weighted by molar-refractivity contribution is 6.24. The summed E-state index contributed by atoms with van der Waals surface area (Å²) in [5.41, 5.74) is 2.41. The quantitative estimate of drug-likeness (QED) is 0.261. The first-order chi connectivity index (χ1) is 12.8. The van der Waals surface area contributed by atoms with E-state index in [0.29, 0.717) is 0 Å². The van der Waals surface area contributed by atoms with E-state index in [2.05, 4.69) is 78.9 Å². The van der Waals surface area contributed by atoms with E-state index in [0.717, 1.165) is 11.3 Å². The van der Waals surface area contributed by atoms with Gasteiger partial charge in [-0.25, -0.2) is 0 Å². The summed E-state index contributed by atoms with van der Waals surface area (Å²) >= 11 is 0. The summed E-state index contributed by atoms with van der Waals surface area (Å²) in [5, 5.41) is 7.93. The number of methoxy groups -OCH3 is 1. The van der Waals surface area contributed by atoms with Crippen LogP contribution in [0, 0.1) is 0 Å². The molecule has 0 atom stereocenters. The zero-order chi connectivity index (χ0) is 17.5. The van der Waals surface area contributed by atoms with Crippen molar-refractivity contribution in [3.8, 4) is 5.75 Å². The number of benzene rings is 5. The van der Waals surface area contributed by atoms with E-state index in [-0.39, 0.29) is 0 Å². The van der Waals surface area contributed by atoms with Crippen LogP contribution in [0.25, 0.3) is 44.5 Å². The molecule has 5 aromatic carbocycles. The molecule has 1 heteroatoms. The van der Waals surface area contributed by atoms with Crippen molar-refractivity contribution < 1.29 is 4.74 Å². The maximum Gasteiger partial charge on any atom is 0.118 e. The Bertz CT molecular complexity index is 1230. The molecule has 0 aliphatic carbocycles. The Morgan fingerprint density at radius 1 is 0.615 bits per heavy atom. The Morgan fingerprint density at radius 3 is 2.00 bits per heavy atom. The van der Waals surface area contributed by atoms with Gasteiger partial charge in [0.2, 0.25) is 0 Å². The standard InChI is InChI=1S/C25H18O/c1-26-22-14-6-17(7-15-22)5-8-18-9-10-21-12-11-19-3-2-4-20-13-16-23(18)25(21)24(19)20/h2-16H,1H3/b8-5+. The maximum atomic E-state index is 5.23. The third kappa shape index (κ3) is 2.33. The minimum atomic E-state index is 0.880. The largest absolute Gasteiger partial charge is 0.497 e. The predicted octanol–water partition coefficient (Wildman–Crippen LogP) is 6.76. The molecule has 26 heavy (non-hydrogen) atoms. The van der Waals surface area contributed by atoms with E-state index in [1.54, 1.807) is 7.11 Å². The molecule has 0 heterocycles. The van der Waals surface area contributed by atoms with Crippen LogP contribution in [0.15, 0.2) is 78.9 Å². The number of ether oxygens (including phenoxy) is 1. The fourth-order valence-electron chi connectivity index (χ4n) is 3.80. The Kier molecular flexibility index (Phi) is 3.39. The lowest BCUT2D eigenvalue weighted by Crippen LogP contribution is -1.86. The lowest BCUT2D eigenvalue weighted by Gasteiger charge is -2.12. The molecule has 0 unspecified atom stereocenters. The van der Waals surface area contributed by atoms with Gasteiger partial charge in [-0.1, -0.05) is 78.9 Å². The van der Waals surface area contributed by atoms with Gasteiger partial charge in [-0.15, -0.1) is 0 Å².